The lowest BCUT2D eigenvalue weighted by Crippen LogP contribution is -2.50. The summed E-state index contributed by atoms with van der Waals surface area (Å²) in [5.41, 5.74) is 0.487. The molecule has 1 aliphatic heterocycles. The largest absolute Gasteiger partial charge is 0.481 e. The average Bonchev–Trinajstić information content (AvgIpc) is 2.55. The van der Waals surface area contributed by atoms with E-state index in [4.69, 9.17) is 9.84 Å². The normalized spacial score (nSPS) is 16.3. The second-order valence-corrected chi connectivity index (χ2v) is 5.77. The molecular weight excluding hydrogens is 312 g/mol. The van der Waals surface area contributed by atoms with Crippen molar-refractivity contribution in [3.63, 3.8) is 0 Å². The van der Waals surface area contributed by atoms with E-state index in [1.807, 2.05) is 6.92 Å². The van der Waals surface area contributed by atoms with Crippen LogP contribution in [0.15, 0.2) is 24.3 Å². The summed E-state index contributed by atoms with van der Waals surface area (Å²) in [4.78, 5) is 38.8. The van der Waals surface area contributed by atoms with Crippen molar-refractivity contribution < 1.29 is 24.2 Å². The number of carboxylic acid groups (broad SMARTS) is 1. The van der Waals surface area contributed by atoms with Crippen molar-refractivity contribution in [1.82, 2.24) is 4.90 Å². The molecule has 2 amide bonds. The summed E-state index contributed by atoms with van der Waals surface area (Å²) in [5, 5.41) is 8.96. The minimum absolute atomic E-state index is 0.129. The van der Waals surface area contributed by atoms with Gasteiger partial charge in [0.25, 0.3) is 5.91 Å². The van der Waals surface area contributed by atoms with E-state index in [1.54, 1.807) is 36.2 Å². The summed E-state index contributed by atoms with van der Waals surface area (Å²) in [6.07, 6.45) is 0.296. The van der Waals surface area contributed by atoms with E-state index in [0.29, 0.717) is 18.0 Å². The molecule has 1 atom stereocenters. The lowest BCUT2D eigenvalue weighted by molar-refractivity contribution is -0.142. The fourth-order valence-corrected chi connectivity index (χ4v) is 2.50. The van der Waals surface area contributed by atoms with Crippen molar-refractivity contribution in [2.45, 2.75) is 32.3 Å². The molecule has 0 spiro atoms. The quantitative estimate of drug-likeness (QED) is 0.817. The number of ether oxygens (including phenoxy) is 1. The van der Waals surface area contributed by atoms with Crippen LogP contribution >= 0.6 is 0 Å². The molecule has 0 radical (unpaired) electrons. The van der Waals surface area contributed by atoms with Gasteiger partial charge in [-0.1, -0.05) is 25.5 Å². The molecule has 1 heterocycles. The topological polar surface area (TPSA) is 87.2 Å². The summed E-state index contributed by atoms with van der Waals surface area (Å²) in [5.74, 6) is -1.41. The van der Waals surface area contributed by atoms with Crippen LogP contribution in [0.3, 0.4) is 0 Å². The van der Waals surface area contributed by atoms with E-state index in [1.165, 1.54) is 4.90 Å². The molecule has 1 aromatic rings. The Labute approximate surface area is 140 Å². The molecule has 24 heavy (non-hydrogen) atoms. The number of hydrogen-bond donors (Lipinski definition) is 1. The van der Waals surface area contributed by atoms with Gasteiger partial charge in [-0.3, -0.25) is 19.3 Å². The highest BCUT2D eigenvalue weighted by Gasteiger charge is 2.36. The van der Waals surface area contributed by atoms with Crippen LogP contribution in [0.5, 0.6) is 5.75 Å². The first-order chi connectivity index (χ1) is 11.4. The maximum atomic E-state index is 12.6. The Bertz CT molecular complexity index is 631. The number of rotatable bonds is 7. The SMILES string of the molecule is CCCCN(C)C(=O)CN1C(=O)C(CC(=O)O)Oc2ccccc21. The molecule has 7 nitrogen and oxygen atoms in total. The van der Waals surface area contributed by atoms with E-state index >= 15 is 0 Å². The van der Waals surface area contributed by atoms with Gasteiger partial charge in [0, 0.05) is 13.6 Å². The second kappa shape index (κ2) is 7.81. The Morgan fingerprint density at radius 2 is 2.04 bits per heavy atom. The number of carbonyl (C=O) groups is 3. The molecule has 0 saturated heterocycles. The summed E-state index contributed by atoms with van der Waals surface area (Å²) in [6.45, 7) is 2.53. The molecule has 2 rings (SSSR count). The van der Waals surface area contributed by atoms with E-state index < -0.39 is 24.4 Å². The van der Waals surface area contributed by atoms with Crippen molar-refractivity contribution in [3.8, 4) is 5.75 Å². The number of fused-ring (bicyclic) bond motifs is 1. The van der Waals surface area contributed by atoms with E-state index in [9.17, 15) is 14.4 Å². The molecule has 7 heteroatoms. The Kier molecular flexibility index (Phi) is 5.78. The van der Waals surface area contributed by atoms with Crippen LogP contribution in [-0.4, -0.2) is 54.0 Å². The Morgan fingerprint density at radius 3 is 2.71 bits per heavy atom. The van der Waals surface area contributed by atoms with Gasteiger partial charge in [0.05, 0.1) is 12.1 Å². The lowest BCUT2D eigenvalue weighted by atomic mass is 10.1. The van der Waals surface area contributed by atoms with E-state index in [0.717, 1.165) is 12.8 Å². The van der Waals surface area contributed by atoms with Crippen LogP contribution in [0, 0.1) is 0 Å². The molecule has 130 valence electrons. The third-order valence-electron chi connectivity index (χ3n) is 3.89. The summed E-state index contributed by atoms with van der Waals surface area (Å²) in [7, 11) is 1.70. The zero-order chi connectivity index (χ0) is 17.7. The molecule has 0 saturated carbocycles. The molecule has 1 aliphatic rings. The number of anilines is 1. The third kappa shape index (κ3) is 4.04. The van der Waals surface area contributed by atoms with Crippen molar-refractivity contribution in [1.29, 1.82) is 0 Å². The highest BCUT2D eigenvalue weighted by atomic mass is 16.5. The van der Waals surface area contributed by atoms with Crippen LogP contribution in [0.25, 0.3) is 0 Å². The fourth-order valence-electron chi connectivity index (χ4n) is 2.50. The Morgan fingerprint density at radius 1 is 1.33 bits per heavy atom. The highest BCUT2D eigenvalue weighted by Crippen LogP contribution is 2.34. The number of benzene rings is 1. The first kappa shape index (κ1) is 17.8. The van der Waals surface area contributed by atoms with Crippen LogP contribution in [0.4, 0.5) is 5.69 Å². The first-order valence-electron chi connectivity index (χ1n) is 7.96. The molecule has 1 N–H and O–H groups in total. The second-order valence-electron chi connectivity index (χ2n) is 5.77. The number of aliphatic carboxylic acids is 1. The minimum Gasteiger partial charge on any atom is -0.481 e. The summed E-state index contributed by atoms with van der Waals surface area (Å²) >= 11 is 0. The van der Waals surface area contributed by atoms with Gasteiger partial charge < -0.3 is 14.7 Å². The van der Waals surface area contributed by atoms with Gasteiger partial charge in [0.1, 0.15) is 12.3 Å². The van der Waals surface area contributed by atoms with Gasteiger partial charge in [-0.15, -0.1) is 0 Å². The molecule has 0 aromatic heterocycles. The monoisotopic (exact) mass is 334 g/mol. The molecular formula is C17H22N2O5. The predicted molar refractivity (Wildman–Crippen MR) is 88.0 cm³/mol. The standard InChI is InChI=1S/C17H22N2O5/c1-3-4-9-18(2)15(20)11-19-12-7-5-6-8-13(12)24-14(17(19)23)10-16(21)22/h5-8,14H,3-4,9-11H2,1-2H3,(H,21,22). The van der Waals surface area contributed by atoms with Gasteiger partial charge >= 0.3 is 5.97 Å². The van der Waals surface area contributed by atoms with Gasteiger partial charge in [-0.2, -0.15) is 0 Å². The Hall–Kier alpha value is -2.57. The molecule has 1 unspecified atom stereocenters. The summed E-state index contributed by atoms with van der Waals surface area (Å²) < 4.78 is 5.50. The van der Waals surface area contributed by atoms with E-state index in [-0.39, 0.29) is 12.5 Å². The van der Waals surface area contributed by atoms with Gasteiger partial charge in [0.15, 0.2) is 6.10 Å². The van der Waals surface area contributed by atoms with Gasteiger partial charge in [-0.05, 0) is 18.6 Å². The number of unbranched alkanes of at least 4 members (excludes halogenated alkanes) is 1. The molecule has 0 aliphatic carbocycles. The number of nitrogens with zero attached hydrogens (tertiary/aromatic N) is 2. The molecule has 0 fully saturated rings. The molecule has 0 bridgehead atoms. The lowest BCUT2D eigenvalue weighted by Gasteiger charge is -2.34. The van der Waals surface area contributed by atoms with E-state index in [2.05, 4.69) is 0 Å². The number of amides is 2. The smallest absolute Gasteiger partial charge is 0.307 e. The van der Waals surface area contributed by atoms with Crippen LogP contribution < -0.4 is 9.64 Å². The van der Waals surface area contributed by atoms with Crippen LogP contribution in [-0.2, 0) is 14.4 Å². The van der Waals surface area contributed by atoms with Gasteiger partial charge in [-0.25, -0.2) is 0 Å². The maximum absolute atomic E-state index is 12.6. The van der Waals surface area contributed by atoms with Crippen molar-refractivity contribution in [2.24, 2.45) is 0 Å². The third-order valence-corrected chi connectivity index (χ3v) is 3.89. The number of carboxylic acids is 1. The minimum atomic E-state index is -1.13. The Balaban J connectivity index is 2.20. The van der Waals surface area contributed by atoms with Crippen molar-refractivity contribution >= 4 is 23.5 Å². The zero-order valence-corrected chi connectivity index (χ0v) is 13.9. The average molecular weight is 334 g/mol. The zero-order valence-electron chi connectivity index (χ0n) is 13.9. The summed E-state index contributed by atoms with van der Waals surface area (Å²) in [6, 6.07) is 6.82. The van der Waals surface area contributed by atoms with Crippen LogP contribution in [0.2, 0.25) is 0 Å². The van der Waals surface area contributed by atoms with Crippen LogP contribution in [0.1, 0.15) is 26.2 Å². The number of hydrogen-bond acceptors (Lipinski definition) is 4. The first-order valence-corrected chi connectivity index (χ1v) is 7.96. The van der Waals surface area contributed by atoms with Crippen molar-refractivity contribution in [2.75, 3.05) is 25.0 Å². The maximum Gasteiger partial charge on any atom is 0.307 e. The number of para-hydroxylation sites is 2. The number of carbonyl (C=O) groups excluding carboxylic acids is 2. The van der Waals surface area contributed by atoms with Gasteiger partial charge in [0.2, 0.25) is 5.91 Å². The molecule has 1 aromatic carbocycles. The number of likely N-dealkylation sites (N-methyl/N-ethyl adjacent to an activating group) is 1. The van der Waals surface area contributed by atoms with Crippen molar-refractivity contribution in [3.05, 3.63) is 24.3 Å². The highest BCUT2D eigenvalue weighted by molar-refractivity contribution is 6.04. The predicted octanol–water partition coefficient (Wildman–Crippen LogP) is 1.51. The fraction of sp³-hybridized carbons (Fsp3) is 0.471.